The summed E-state index contributed by atoms with van der Waals surface area (Å²) in [6, 6.07) is 6.79. The minimum atomic E-state index is 0.296. The first-order valence-corrected chi connectivity index (χ1v) is 7.02. The lowest BCUT2D eigenvalue weighted by Gasteiger charge is -2.11. The van der Waals surface area contributed by atoms with Gasteiger partial charge in [-0.25, -0.2) is 15.8 Å². The first-order chi connectivity index (χ1) is 10.1. The van der Waals surface area contributed by atoms with Crippen LogP contribution >= 0.6 is 23.2 Å². The van der Waals surface area contributed by atoms with Crippen LogP contribution in [0.3, 0.4) is 0 Å². The summed E-state index contributed by atoms with van der Waals surface area (Å²) in [6.07, 6.45) is 0. The Kier molecular flexibility index (Phi) is 5.58. The van der Waals surface area contributed by atoms with Gasteiger partial charge in [-0.3, -0.25) is 0 Å². The van der Waals surface area contributed by atoms with Gasteiger partial charge in [0.2, 0.25) is 0 Å². The predicted octanol–water partition coefficient (Wildman–Crippen LogP) is 3.35. The molecule has 0 amide bonds. The molecule has 4 N–H and O–H groups in total. The lowest BCUT2D eigenvalue weighted by Crippen LogP contribution is -2.12. The van der Waals surface area contributed by atoms with Crippen LogP contribution in [-0.2, 0) is 11.3 Å². The molecule has 0 spiro atoms. The zero-order chi connectivity index (χ0) is 15.2. The van der Waals surface area contributed by atoms with Crippen LogP contribution in [0.2, 0.25) is 10.0 Å². The Balaban J connectivity index is 2.27. The van der Waals surface area contributed by atoms with Crippen molar-refractivity contribution >= 4 is 40.5 Å². The Hall–Kier alpha value is -1.60. The van der Waals surface area contributed by atoms with E-state index in [1.807, 2.05) is 6.92 Å². The van der Waals surface area contributed by atoms with Gasteiger partial charge < -0.3 is 15.5 Å². The van der Waals surface area contributed by atoms with Gasteiger partial charge in [0.05, 0.1) is 10.7 Å². The molecule has 0 saturated heterocycles. The zero-order valence-electron chi connectivity index (χ0n) is 11.4. The number of hydrazine groups is 1. The second kappa shape index (κ2) is 7.42. The number of ether oxygens (including phenoxy) is 1. The van der Waals surface area contributed by atoms with Crippen LogP contribution < -0.4 is 16.6 Å². The van der Waals surface area contributed by atoms with Gasteiger partial charge in [-0.2, -0.15) is 0 Å². The molecule has 1 aromatic heterocycles. The van der Waals surface area contributed by atoms with Crippen LogP contribution in [0.1, 0.15) is 12.7 Å². The van der Waals surface area contributed by atoms with Gasteiger partial charge in [0.15, 0.2) is 5.82 Å². The number of halogens is 2. The summed E-state index contributed by atoms with van der Waals surface area (Å²) in [6.45, 7) is 2.77. The number of anilines is 3. The quantitative estimate of drug-likeness (QED) is 0.557. The van der Waals surface area contributed by atoms with Gasteiger partial charge in [-0.1, -0.05) is 23.2 Å². The van der Waals surface area contributed by atoms with Gasteiger partial charge in [0, 0.05) is 17.7 Å². The minimum Gasteiger partial charge on any atom is -0.374 e. The highest BCUT2D eigenvalue weighted by atomic mass is 35.5. The van der Waals surface area contributed by atoms with Gasteiger partial charge in [-0.15, -0.1) is 0 Å². The molecule has 1 heterocycles. The molecule has 112 valence electrons. The maximum Gasteiger partial charge on any atom is 0.158 e. The molecule has 2 aromatic rings. The molecule has 0 atom stereocenters. The summed E-state index contributed by atoms with van der Waals surface area (Å²) in [5, 5.41) is 4.19. The van der Waals surface area contributed by atoms with E-state index in [0.29, 0.717) is 46.4 Å². The summed E-state index contributed by atoms with van der Waals surface area (Å²) in [5.41, 5.74) is 3.14. The van der Waals surface area contributed by atoms with E-state index in [1.165, 1.54) is 0 Å². The van der Waals surface area contributed by atoms with E-state index in [0.717, 1.165) is 0 Å². The van der Waals surface area contributed by atoms with Gasteiger partial charge in [-0.05, 0) is 25.1 Å². The van der Waals surface area contributed by atoms with Crippen molar-refractivity contribution in [2.45, 2.75) is 13.5 Å². The third-order valence-corrected chi connectivity index (χ3v) is 3.11. The number of aromatic nitrogens is 2. The number of nitrogens with two attached hydrogens (primary N) is 1. The molecule has 21 heavy (non-hydrogen) atoms. The molecule has 0 bridgehead atoms. The van der Waals surface area contributed by atoms with E-state index in [4.69, 9.17) is 33.8 Å². The van der Waals surface area contributed by atoms with Crippen LogP contribution in [0.25, 0.3) is 0 Å². The standard InChI is InChI=1S/C13H15Cl2N5O/c1-2-21-7-13-18-11(6-12(19-13)20-16)17-10-5-8(14)3-4-9(10)15/h3-6H,2,7,16H2,1H3,(H2,17,18,19,20). The second-order valence-electron chi connectivity index (χ2n) is 4.09. The number of hydrogen-bond acceptors (Lipinski definition) is 6. The fourth-order valence-electron chi connectivity index (χ4n) is 1.62. The largest absolute Gasteiger partial charge is 0.374 e. The number of hydrogen-bond donors (Lipinski definition) is 3. The van der Waals surface area contributed by atoms with Crippen molar-refractivity contribution in [1.29, 1.82) is 0 Å². The molecule has 0 aliphatic carbocycles. The Morgan fingerprint density at radius 1 is 1.19 bits per heavy atom. The number of rotatable bonds is 6. The number of nitrogens with zero attached hydrogens (tertiary/aromatic N) is 2. The van der Waals surface area contributed by atoms with Crippen LogP contribution in [0.4, 0.5) is 17.3 Å². The maximum atomic E-state index is 6.11. The van der Waals surface area contributed by atoms with Crippen molar-refractivity contribution in [1.82, 2.24) is 9.97 Å². The van der Waals surface area contributed by atoms with Crippen LogP contribution in [0.5, 0.6) is 0 Å². The minimum absolute atomic E-state index is 0.296. The Morgan fingerprint density at radius 2 is 1.95 bits per heavy atom. The molecule has 0 fully saturated rings. The lowest BCUT2D eigenvalue weighted by molar-refractivity contribution is 0.128. The average molecular weight is 328 g/mol. The van der Waals surface area contributed by atoms with E-state index in [-0.39, 0.29) is 0 Å². The monoisotopic (exact) mass is 327 g/mol. The molecule has 8 heteroatoms. The van der Waals surface area contributed by atoms with Crippen molar-refractivity contribution in [3.8, 4) is 0 Å². The van der Waals surface area contributed by atoms with Crippen LogP contribution in [0, 0.1) is 0 Å². The molecule has 2 rings (SSSR count). The topological polar surface area (TPSA) is 85.1 Å². The molecule has 0 saturated carbocycles. The average Bonchev–Trinajstić information content (AvgIpc) is 2.48. The van der Waals surface area contributed by atoms with Crippen LogP contribution in [0.15, 0.2) is 24.3 Å². The van der Waals surface area contributed by atoms with Crippen molar-refractivity contribution < 1.29 is 4.74 Å². The molecule has 6 nitrogen and oxygen atoms in total. The van der Waals surface area contributed by atoms with Gasteiger partial charge >= 0.3 is 0 Å². The first kappa shape index (κ1) is 15.8. The lowest BCUT2D eigenvalue weighted by atomic mass is 10.3. The second-order valence-corrected chi connectivity index (χ2v) is 4.93. The van der Waals surface area contributed by atoms with E-state index < -0.39 is 0 Å². The maximum absolute atomic E-state index is 6.11. The fourth-order valence-corrected chi connectivity index (χ4v) is 1.96. The number of benzene rings is 1. The first-order valence-electron chi connectivity index (χ1n) is 6.26. The SMILES string of the molecule is CCOCc1nc(NN)cc(Nc2cc(Cl)ccc2Cl)n1. The zero-order valence-corrected chi connectivity index (χ0v) is 12.9. The molecule has 1 aromatic carbocycles. The Bertz CT molecular complexity index is 624. The molecule has 0 radical (unpaired) electrons. The summed E-state index contributed by atoms with van der Waals surface area (Å²) in [5.74, 6) is 6.93. The highest BCUT2D eigenvalue weighted by Crippen LogP contribution is 2.28. The van der Waals surface area contributed by atoms with Gasteiger partial charge in [0.1, 0.15) is 18.2 Å². The van der Waals surface area contributed by atoms with Crippen molar-refractivity contribution in [2.75, 3.05) is 17.3 Å². The molecule has 0 unspecified atom stereocenters. The fraction of sp³-hybridized carbons (Fsp3) is 0.231. The number of nitrogen functional groups attached to an aromatic ring is 1. The van der Waals surface area contributed by atoms with E-state index in [1.54, 1.807) is 24.3 Å². The highest BCUT2D eigenvalue weighted by molar-refractivity contribution is 6.35. The van der Waals surface area contributed by atoms with Crippen molar-refractivity contribution in [3.63, 3.8) is 0 Å². The summed E-state index contributed by atoms with van der Waals surface area (Å²) < 4.78 is 5.30. The van der Waals surface area contributed by atoms with Crippen LogP contribution in [-0.4, -0.2) is 16.6 Å². The normalized spacial score (nSPS) is 10.5. The summed E-state index contributed by atoms with van der Waals surface area (Å²) in [7, 11) is 0. The van der Waals surface area contributed by atoms with Gasteiger partial charge in [0.25, 0.3) is 0 Å². The Labute approximate surface area is 132 Å². The molecule has 0 aliphatic heterocycles. The third kappa shape index (κ3) is 4.44. The van der Waals surface area contributed by atoms with Crippen molar-refractivity contribution in [3.05, 3.63) is 40.1 Å². The predicted molar refractivity (Wildman–Crippen MR) is 84.9 cm³/mol. The van der Waals surface area contributed by atoms with Crippen molar-refractivity contribution in [2.24, 2.45) is 5.84 Å². The summed E-state index contributed by atoms with van der Waals surface area (Å²) >= 11 is 12.1. The summed E-state index contributed by atoms with van der Waals surface area (Å²) in [4.78, 5) is 8.54. The Morgan fingerprint density at radius 3 is 2.67 bits per heavy atom. The molecular formula is C13H15Cl2N5O. The molecular weight excluding hydrogens is 313 g/mol. The van der Waals surface area contributed by atoms with E-state index in [9.17, 15) is 0 Å². The molecule has 0 aliphatic rings. The highest BCUT2D eigenvalue weighted by Gasteiger charge is 2.07. The number of nitrogens with one attached hydrogen (secondary N) is 2. The smallest absolute Gasteiger partial charge is 0.158 e. The van der Waals surface area contributed by atoms with E-state index >= 15 is 0 Å². The third-order valence-electron chi connectivity index (χ3n) is 2.55. The van der Waals surface area contributed by atoms with E-state index in [2.05, 4.69) is 20.7 Å².